The lowest BCUT2D eigenvalue weighted by Crippen LogP contribution is -2.30. The maximum Gasteiger partial charge on any atom is 0.305 e. The predicted molar refractivity (Wildman–Crippen MR) is 114 cm³/mol. The van der Waals surface area contributed by atoms with Crippen LogP contribution in [-0.2, 0) is 9.59 Å². The first-order valence-corrected chi connectivity index (χ1v) is 9.86. The molecule has 2 aromatic carbocycles. The number of carbonyl (C=O) groups excluding carboxylic acids is 1. The van der Waals surface area contributed by atoms with Crippen LogP contribution in [0.4, 0.5) is 0 Å². The molecule has 1 fully saturated rings. The molecule has 0 atom stereocenters. The number of thioether (sulfide) groups is 1. The molecule has 0 bridgehead atoms. The van der Waals surface area contributed by atoms with Crippen LogP contribution in [0.3, 0.4) is 0 Å². The van der Waals surface area contributed by atoms with E-state index < -0.39 is 5.97 Å². The van der Waals surface area contributed by atoms with Crippen molar-refractivity contribution in [2.24, 2.45) is 0 Å². The van der Waals surface area contributed by atoms with Gasteiger partial charge in [0.2, 0.25) is 0 Å². The van der Waals surface area contributed by atoms with E-state index >= 15 is 0 Å². The molecule has 0 spiro atoms. The third-order valence-electron chi connectivity index (χ3n) is 3.86. The Kier molecular flexibility index (Phi) is 6.22. The molecule has 1 aliphatic heterocycles. The third kappa shape index (κ3) is 4.71. The lowest BCUT2D eigenvalue weighted by Gasteiger charge is -2.12. The van der Waals surface area contributed by atoms with Crippen LogP contribution >= 0.6 is 47.2 Å². The van der Waals surface area contributed by atoms with E-state index in [1.54, 1.807) is 18.2 Å². The summed E-state index contributed by atoms with van der Waals surface area (Å²) < 4.78 is 0.369. The van der Waals surface area contributed by atoms with Crippen molar-refractivity contribution in [3.8, 4) is 11.1 Å². The first-order valence-electron chi connectivity index (χ1n) is 7.88. The molecular weight excluding hydrogens is 425 g/mol. The molecule has 0 radical (unpaired) electrons. The van der Waals surface area contributed by atoms with E-state index in [4.69, 9.17) is 40.5 Å². The quantitative estimate of drug-likeness (QED) is 0.505. The number of amides is 1. The van der Waals surface area contributed by atoms with Crippen LogP contribution in [0.15, 0.2) is 47.4 Å². The van der Waals surface area contributed by atoms with Crippen LogP contribution in [0.1, 0.15) is 12.0 Å². The molecule has 0 aromatic heterocycles. The minimum Gasteiger partial charge on any atom is -0.481 e. The summed E-state index contributed by atoms with van der Waals surface area (Å²) in [6, 6.07) is 13.0. The second kappa shape index (κ2) is 8.44. The second-order valence-electron chi connectivity index (χ2n) is 5.73. The Bertz CT molecular complexity index is 975. The van der Waals surface area contributed by atoms with Crippen LogP contribution in [-0.4, -0.2) is 32.7 Å². The number of hydrogen-bond acceptors (Lipinski definition) is 4. The molecule has 0 unspecified atom stereocenters. The van der Waals surface area contributed by atoms with E-state index in [2.05, 4.69) is 0 Å². The summed E-state index contributed by atoms with van der Waals surface area (Å²) in [5.41, 5.74) is 2.68. The van der Waals surface area contributed by atoms with Gasteiger partial charge in [0.25, 0.3) is 5.91 Å². The number of carboxylic acid groups (broad SMARTS) is 1. The van der Waals surface area contributed by atoms with Crippen molar-refractivity contribution in [3.63, 3.8) is 0 Å². The highest BCUT2D eigenvalue weighted by Crippen LogP contribution is 2.34. The highest BCUT2D eigenvalue weighted by molar-refractivity contribution is 8.26. The van der Waals surface area contributed by atoms with Gasteiger partial charge < -0.3 is 5.11 Å². The molecule has 2 aromatic rings. The van der Waals surface area contributed by atoms with Gasteiger partial charge in [-0.25, -0.2) is 0 Å². The maximum absolute atomic E-state index is 12.5. The lowest BCUT2D eigenvalue weighted by atomic mass is 10.0. The van der Waals surface area contributed by atoms with Gasteiger partial charge in [-0.05, 0) is 41.0 Å². The number of thiocarbonyl (C=S) groups is 1. The molecule has 0 saturated carbocycles. The van der Waals surface area contributed by atoms with Gasteiger partial charge in [0.1, 0.15) is 4.32 Å². The summed E-state index contributed by atoms with van der Waals surface area (Å²) in [7, 11) is 0. The van der Waals surface area contributed by atoms with Gasteiger partial charge >= 0.3 is 5.97 Å². The van der Waals surface area contributed by atoms with Crippen molar-refractivity contribution in [1.82, 2.24) is 4.90 Å². The summed E-state index contributed by atoms with van der Waals surface area (Å²) in [5, 5.41) is 9.76. The highest BCUT2D eigenvalue weighted by atomic mass is 35.5. The fourth-order valence-electron chi connectivity index (χ4n) is 2.54. The van der Waals surface area contributed by atoms with Gasteiger partial charge in [-0.3, -0.25) is 14.5 Å². The van der Waals surface area contributed by atoms with E-state index in [1.807, 2.05) is 30.3 Å². The van der Waals surface area contributed by atoms with E-state index in [0.29, 0.717) is 19.3 Å². The van der Waals surface area contributed by atoms with Gasteiger partial charge in [-0.1, -0.05) is 71.4 Å². The number of carbonyl (C=O) groups is 2. The molecule has 138 valence electrons. The Balaban J connectivity index is 1.85. The molecule has 27 heavy (non-hydrogen) atoms. The zero-order valence-electron chi connectivity index (χ0n) is 13.8. The molecule has 1 aliphatic rings. The van der Waals surface area contributed by atoms with Gasteiger partial charge in [0.15, 0.2) is 0 Å². The van der Waals surface area contributed by atoms with Crippen LogP contribution < -0.4 is 0 Å². The van der Waals surface area contributed by atoms with Crippen LogP contribution in [0.5, 0.6) is 0 Å². The maximum atomic E-state index is 12.5. The Morgan fingerprint density at radius 2 is 1.89 bits per heavy atom. The Labute approximate surface area is 175 Å². The van der Waals surface area contributed by atoms with Gasteiger partial charge in [-0.2, -0.15) is 0 Å². The number of carboxylic acids is 1. The van der Waals surface area contributed by atoms with Crippen molar-refractivity contribution in [3.05, 3.63) is 63.0 Å². The normalized spacial score (nSPS) is 15.6. The van der Waals surface area contributed by atoms with Crippen molar-refractivity contribution in [2.45, 2.75) is 6.42 Å². The van der Waals surface area contributed by atoms with E-state index in [-0.39, 0.29) is 18.9 Å². The van der Waals surface area contributed by atoms with Gasteiger partial charge in [-0.15, -0.1) is 0 Å². The molecule has 4 nitrogen and oxygen atoms in total. The van der Waals surface area contributed by atoms with Crippen molar-refractivity contribution in [1.29, 1.82) is 0 Å². The van der Waals surface area contributed by atoms with Gasteiger partial charge in [0.05, 0.1) is 21.4 Å². The van der Waals surface area contributed by atoms with Crippen molar-refractivity contribution < 1.29 is 14.7 Å². The predicted octanol–water partition coefficient (Wildman–Crippen LogP) is 5.34. The fraction of sp³-hybridized carbons (Fsp3) is 0.105. The molecular formula is C19H13Cl2NO3S2. The highest BCUT2D eigenvalue weighted by Gasteiger charge is 2.32. The molecule has 1 heterocycles. The van der Waals surface area contributed by atoms with Crippen molar-refractivity contribution in [2.75, 3.05) is 6.54 Å². The minimum atomic E-state index is -0.970. The zero-order valence-corrected chi connectivity index (χ0v) is 17.0. The molecule has 1 amide bonds. The Morgan fingerprint density at radius 1 is 1.15 bits per heavy atom. The smallest absolute Gasteiger partial charge is 0.305 e. The Hall–Kier alpha value is -1.86. The van der Waals surface area contributed by atoms with E-state index in [0.717, 1.165) is 16.7 Å². The summed E-state index contributed by atoms with van der Waals surface area (Å²) in [6.45, 7) is 0.0701. The number of aliphatic carboxylic acids is 1. The third-order valence-corrected chi connectivity index (χ3v) is 5.98. The standard InChI is InChI=1S/C19H13Cl2NO3S2/c20-14-5-4-13(10-15(14)21)12-3-1-2-11(8-12)9-16-18(25)22(19(26)27-16)7-6-17(23)24/h1-5,8-10H,6-7H2,(H,23,24)/b16-9-. The minimum absolute atomic E-state index is 0.0701. The number of benzene rings is 2. The zero-order chi connectivity index (χ0) is 19.6. The Morgan fingerprint density at radius 3 is 2.59 bits per heavy atom. The average Bonchev–Trinajstić information content (AvgIpc) is 2.89. The molecule has 1 saturated heterocycles. The van der Waals surface area contributed by atoms with Crippen LogP contribution in [0.25, 0.3) is 17.2 Å². The summed E-state index contributed by atoms with van der Waals surface area (Å²) >= 11 is 18.4. The first-order chi connectivity index (χ1) is 12.8. The monoisotopic (exact) mass is 437 g/mol. The largest absolute Gasteiger partial charge is 0.481 e. The molecule has 3 rings (SSSR count). The molecule has 8 heteroatoms. The molecule has 1 N–H and O–H groups in total. The topological polar surface area (TPSA) is 57.6 Å². The number of hydrogen-bond donors (Lipinski definition) is 1. The number of rotatable bonds is 5. The average molecular weight is 438 g/mol. The fourth-order valence-corrected chi connectivity index (χ4v) is 4.14. The SMILES string of the molecule is O=C(O)CCN1C(=O)/C(=C/c2cccc(-c3ccc(Cl)c(Cl)c3)c2)SC1=S. The number of halogens is 2. The first kappa shape index (κ1) is 19.9. The van der Waals surface area contributed by atoms with Crippen LogP contribution in [0.2, 0.25) is 10.0 Å². The van der Waals surface area contributed by atoms with Crippen LogP contribution in [0, 0.1) is 0 Å². The number of nitrogens with zero attached hydrogens (tertiary/aromatic N) is 1. The lowest BCUT2D eigenvalue weighted by molar-refractivity contribution is -0.137. The molecule has 0 aliphatic carbocycles. The summed E-state index contributed by atoms with van der Waals surface area (Å²) in [5.74, 6) is -1.24. The summed E-state index contributed by atoms with van der Waals surface area (Å²) in [4.78, 5) is 25.0. The van der Waals surface area contributed by atoms with E-state index in [1.165, 1.54) is 16.7 Å². The van der Waals surface area contributed by atoms with Gasteiger partial charge in [0, 0.05) is 6.54 Å². The van der Waals surface area contributed by atoms with E-state index in [9.17, 15) is 9.59 Å². The van der Waals surface area contributed by atoms with Crippen molar-refractivity contribution >= 4 is 69.5 Å². The summed E-state index contributed by atoms with van der Waals surface area (Å²) in [6.07, 6.45) is 1.60. The second-order valence-corrected chi connectivity index (χ2v) is 8.22.